The molecule has 0 atom stereocenters. The number of carbonyl (C=O) groups excluding carboxylic acids is 2. The molecule has 0 bridgehead atoms. The van der Waals surface area contributed by atoms with Crippen molar-refractivity contribution in [3.05, 3.63) is 101 Å². The van der Waals surface area contributed by atoms with Crippen molar-refractivity contribution in [1.82, 2.24) is 19.7 Å². The Morgan fingerprint density at radius 2 is 1.71 bits per heavy atom. The van der Waals surface area contributed by atoms with E-state index in [1.807, 2.05) is 61.5 Å². The monoisotopic (exact) mass is 467 g/mol. The van der Waals surface area contributed by atoms with Crippen LogP contribution in [-0.4, -0.2) is 38.2 Å². The van der Waals surface area contributed by atoms with Crippen LogP contribution in [0.4, 0.5) is 5.69 Å². The number of anilines is 1. The molecule has 9 nitrogen and oxygen atoms in total. The number of rotatable bonds is 6. The third kappa shape index (κ3) is 4.74. The van der Waals surface area contributed by atoms with Gasteiger partial charge in [-0.1, -0.05) is 48.0 Å². The van der Waals surface area contributed by atoms with E-state index in [-0.39, 0.29) is 11.3 Å². The van der Waals surface area contributed by atoms with E-state index in [9.17, 15) is 14.4 Å². The molecule has 0 radical (unpaired) electrons. The van der Waals surface area contributed by atoms with Gasteiger partial charge in [-0.25, -0.2) is 14.3 Å². The van der Waals surface area contributed by atoms with Gasteiger partial charge in [-0.2, -0.15) is 5.10 Å². The normalized spacial score (nSPS) is 10.9. The highest BCUT2D eigenvalue weighted by atomic mass is 16.5. The molecule has 174 valence electrons. The van der Waals surface area contributed by atoms with Crippen molar-refractivity contribution >= 4 is 28.6 Å². The number of ether oxygens (including phenoxy) is 1. The van der Waals surface area contributed by atoms with E-state index in [0.717, 1.165) is 16.8 Å². The Hall–Kier alpha value is -4.92. The fourth-order valence-corrected chi connectivity index (χ4v) is 3.68. The average molecular weight is 467 g/mol. The van der Waals surface area contributed by atoms with E-state index in [1.54, 1.807) is 29.1 Å². The molecule has 0 aliphatic heterocycles. The molecular weight excluding hydrogens is 446 g/mol. The van der Waals surface area contributed by atoms with Gasteiger partial charge in [0, 0.05) is 17.4 Å². The zero-order valence-electron chi connectivity index (χ0n) is 18.7. The number of aromatic amines is 2. The van der Waals surface area contributed by atoms with Crippen LogP contribution in [0.5, 0.6) is 0 Å². The van der Waals surface area contributed by atoms with Gasteiger partial charge in [-0.05, 0) is 37.3 Å². The molecule has 0 unspecified atom stereocenters. The van der Waals surface area contributed by atoms with Crippen molar-refractivity contribution in [2.24, 2.45) is 0 Å². The summed E-state index contributed by atoms with van der Waals surface area (Å²) in [5.74, 6) is -1.17. The molecule has 0 fully saturated rings. The van der Waals surface area contributed by atoms with Crippen LogP contribution < -0.4 is 11.0 Å². The second-order valence-corrected chi connectivity index (χ2v) is 8.00. The van der Waals surface area contributed by atoms with Crippen molar-refractivity contribution in [3.63, 3.8) is 0 Å². The van der Waals surface area contributed by atoms with Crippen molar-refractivity contribution in [3.8, 4) is 16.9 Å². The largest absolute Gasteiger partial charge is 0.452 e. The standard InChI is InChI=1S/C26H21N5O4/c1-16-7-9-17(10-8-16)24-20(14-31(30-24)19-5-3-2-4-6-19)25(33)35-15-23(32)27-18-11-12-21-22(13-18)29-26(34)28-21/h2-14H,15H2,1H3,(H,27,32)(H2,28,29,34). The van der Waals surface area contributed by atoms with Gasteiger partial charge in [0.1, 0.15) is 11.3 Å². The molecule has 0 saturated heterocycles. The molecule has 35 heavy (non-hydrogen) atoms. The minimum absolute atomic E-state index is 0.247. The summed E-state index contributed by atoms with van der Waals surface area (Å²) >= 11 is 0. The summed E-state index contributed by atoms with van der Waals surface area (Å²) in [7, 11) is 0. The van der Waals surface area contributed by atoms with Crippen molar-refractivity contribution in [1.29, 1.82) is 0 Å². The summed E-state index contributed by atoms with van der Waals surface area (Å²) in [6.45, 7) is 1.50. The summed E-state index contributed by atoms with van der Waals surface area (Å²) < 4.78 is 6.93. The summed E-state index contributed by atoms with van der Waals surface area (Å²) in [4.78, 5) is 42.1. The number of hydrogen-bond donors (Lipinski definition) is 3. The molecule has 2 aromatic heterocycles. The number of aryl methyl sites for hydroxylation is 1. The van der Waals surface area contributed by atoms with Gasteiger partial charge in [-0.3, -0.25) is 4.79 Å². The molecule has 9 heteroatoms. The SMILES string of the molecule is Cc1ccc(-c2nn(-c3ccccc3)cc2C(=O)OCC(=O)Nc2ccc3[nH]c(=O)[nH]c3c2)cc1. The zero-order valence-corrected chi connectivity index (χ0v) is 18.7. The fraction of sp³-hybridized carbons (Fsp3) is 0.0769. The maximum absolute atomic E-state index is 13.0. The first-order valence-corrected chi connectivity index (χ1v) is 10.9. The number of amides is 1. The fourth-order valence-electron chi connectivity index (χ4n) is 3.68. The molecule has 2 heterocycles. The number of fused-ring (bicyclic) bond motifs is 1. The summed E-state index contributed by atoms with van der Waals surface area (Å²) in [5.41, 5.74) is 4.64. The minimum Gasteiger partial charge on any atom is -0.452 e. The number of hydrogen-bond acceptors (Lipinski definition) is 5. The van der Waals surface area contributed by atoms with Gasteiger partial charge in [0.05, 0.1) is 16.7 Å². The Balaban J connectivity index is 1.34. The van der Waals surface area contributed by atoms with Crippen LogP contribution >= 0.6 is 0 Å². The lowest BCUT2D eigenvalue weighted by Gasteiger charge is -2.07. The lowest BCUT2D eigenvalue weighted by atomic mass is 10.1. The van der Waals surface area contributed by atoms with Crippen molar-refractivity contribution < 1.29 is 14.3 Å². The number of nitrogens with zero attached hydrogens (tertiary/aromatic N) is 2. The maximum Gasteiger partial charge on any atom is 0.342 e. The first-order chi connectivity index (χ1) is 17.0. The second-order valence-electron chi connectivity index (χ2n) is 8.00. The Kier molecular flexibility index (Phi) is 5.72. The Morgan fingerprint density at radius 1 is 0.971 bits per heavy atom. The third-order valence-electron chi connectivity index (χ3n) is 5.41. The van der Waals surface area contributed by atoms with E-state index in [4.69, 9.17) is 4.74 Å². The number of para-hydroxylation sites is 1. The van der Waals surface area contributed by atoms with Crippen LogP contribution in [0, 0.1) is 6.92 Å². The van der Waals surface area contributed by atoms with Crippen LogP contribution in [0.1, 0.15) is 15.9 Å². The highest BCUT2D eigenvalue weighted by Crippen LogP contribution is 2.25. The van der Waals surface area contributed by atoms with E-state index in [1.165, 1.54) is 0 Å². The van der Waals surface area contributed by atoms with Crippen LogP contribution in [-0.2, 0) is 9.53 Å². The smallest absolute Gasteiger partial charge is 0.342 e. The summed E-state index contributed by atoms with van der Waals surface area (Å²) in [6, 6.07) is 22.0. The van der Waals surface area contributed by atoms with E-state index < -0.39 is 18.5 Å². The molecular formula is C26H21N5O4. The molecule has 0 aliphatic rings. The highest BCUT2D eigenvalue weighted by molar-refractivity contribution is 5.99. The highest BCUT2D eigenvalue weighted by Gasteiger charge is 2.21. The molecule has 0 spiro atoms. The van der Waals surface area contributed by atoms with Crippen LogP contribution in [0.15, 0.2) is 83.8 Å². The lowest BCUT2D eigenvalue weighted by Crippen LogP contribution is -2.21. The summed E-state index contributed by atoms with van der Waals surface area (Å²) in [6.07, 6.45) is 1.60. The third-order valence-corrected chi connectivity index (χ3v) is 5.41. The second kappa shape index (κ2) is 9.14. The predicted molar refractivity (Wildman–Crippen MR) is 132 cm³/mol. The molecule has 1 amide bonds. The van der Waals surface area contributed by atoms with Crippen molar-refractivity contribution in [2.45, 2.75) is 6.92 Å². The number of nitrogens with one attached hydrogen (secondary N) is 3. The van der Waals surface area contributed by atoms with Crippen LogP contribution in [0.2, 0.25) is 0 Å². The van der Waals surface area contributed by atoms with Crippen LogP contribution in [0.25, 0.3) is 28.0 Å². The number of aromatic nitrogens is 4. The Morgan fingerprint density at radius 3 is 2.49 bits per heavy atom. The topological polar surface area (TPSA) is 122 Å². The molecule has 5 rings (SSSR count). The molecule has 3 N–H and O–H groups in total. The number of esters is 1. The lowest BCUT2D eigenvalue weighted by molar-refractivity contribution is -0.119. The molecule has 0 aliphatic carbocycles. The minimum atomic E-state index is -0.664. The van der Waals surface area contributed by atoms with Crippen LogP contribution in [0.3, 0.4) is 0 Å². The predicted octanol–water partition coefficient (Wildman–Crippen LogP) is 3.81. The van der Waals surface area contributed by atoms with E-state index in [0.29, 0.717) is 22.4 Å². The van der Waals surface area contributed by atoms with E-state index in [2.05, 4.69) is 20.4 Å². The van der Waals surface area contributed by atoms with Crippen molar-refractivity contribution in [2.75, 3.05) is 11.9 Å². The number of imidazole rings is 1. The number of benzene rings is 3. The van der Waals surface area contributed by atoms with Gasteiger partial charge in [0.15, 0.2) is 6.61 Å². The van der Waals surface area contributed by atoms with Gasteiger partial charge in [-0.15, -0.1) is 0 Å². The van der Waals surface area contributed by atoms with Gasteiger partial charge < -0.3 is 20.0 Å². The average Bonchev–Trinajstić information content (AvgIpc) is 3.47. The Labute approximate surface area is 199 Å². The first-order valence-electron chi connectivity index (χ1n) is 10.9. The van der Waals surface area contributed by atoms with Gasteiger partial charge >= 0.3 is 11.7 Å². The molecule has 5 aromatic rings. The zero-order chi connectivity index (χ0) is 24.4. The first kappa shape index (κ1) is 21.9. The molecule has 0 saturated carbocycles. The summed E-state index contributed by atoms with van der Waals surface area (Å²) in [5, 5.41) is 7.27. The van der Waals surface area contributed by atoms with E-state index >= 15 is 0 Å². The van der Waals surface area contributed by atoms with Gasteiger partial charge in [0.2, 0.25) is 0 Å². The quantitative estimate of drug-likeness (QED) is 0.328. The van der Waals surface area contributed by atoms with Gasteiger partial charge in [0.25, 0.3) is 5.91 Å². The maximum atomic E-state index is 13.0. The number of carbonyl (C=O) groups is 2. The molecule has 3 aromatic carbocycles. The number of H-pyrrole nitrogens is 2. The Bertz CT molecular complexity index is 1580.